The SMILES string of the molecule is Cc1ccc(F)cc1CS(=O)CCCN. The number of benzene rings is 1. The Bertz CT molecular complexity index is 354. The van der Waals surface area contributed by atoms with Gasteiger partial charge < -0.3 is 5.73 Å². The highest BCUT2D eigenvalue weighted by Crippen LogP contribution is 2.12. The van der Waals surface area contributed by atoms with E-state index in [1.54, 1.807) is 6.07 Å². The van der Waals surface area contributed by atoms with Gasteiger partial charge in [0, 0.05) is 22.3 Å². The Morgan fingerprint density at radius 1 is 1.47 bits per heavy atom. The Hall–Kier alpha value is -0.740. The number of rotatable bonds is 5. The quantitative estimate of drug-likeness (QED) is 0.835. The van der Waals surface area contributed by atoms with E-state index >= 15 is 0 Å². The highest BCUT2D eigenvalue weighted by molar-refractivity contribution is 7.84. The topological polar surface area (TPSA) is 43.1 Å². The molecule has 0 fully saturated rings. The maximum absolute atomic E-state index is 12.9. The van der Waals surface area contributed by atoms with E-state index in [0.29, 0.717) is 18.1 Å². The molecule has 0 saturated heterocycles. The van der Waals surface area contributed by atoms with Crippen molar-refractivity contribution < 1.29 is 8.60 Å². The minimum atomic E-state index is -0.936. The first-order chi connectivity index (χ1) is 7.13. The van der Waals surface area contributed by atoms with Crippen molar-refractivity contribution in [3.8, 4) is 0 Å². The lowest BCUT2D eigenvalue weighted by atomic mass is 10.1. The molecule has 0 heterocycles. The summed E-state index contributed by atoms with van der Waals surface area (Å²) in [5.74, 6) is 0.738. The van der Waals surface area contributed by atoms with Gasteiger partial charge in [-0.15, -0.1) is 0 Å². The molecular weight excluding hydrogens is 213 g/mol. The first kappa shape index (κ1) is 12.3. The van der Waals surface area contributed by atoms with Gasteiger partial charge in [0.25, 0.3) is 0 Å². The summed E-state index contributed by atoms with van der Waals surface area (Å²) in [6.07, 6.45) is 0.751. The van der Waals surface area contributed by atoms with E-state index in [2.05, 4.69) is 0 Å². The van der Waals surface area contributed by atoms with E-state index in [1.807, 2.05) is 6.92 Å². The zero-order valence-corrected chi connectivity index (χ0v) is 9.65. The Kier molecular flexibility index (Phi) is 4.91. The van der Waals surface area contributed by atoms with Gasteiger partial charge in [0.2, 0.25) is 0 Å². The van der Waals surface area contributed by atoms with Gasteiger partial charge in [-0.25, -0.2) is 4.39 Å². The van der Waals surface area contributed by atoms with Crippen LogP contribution in [0.5, 0.6) is 0 Å². The lowest BCUT2D eigenvalue weighted by Gasteiger charge is -2.05. The molecule has 0 radical (unpaired) electrons. The first-order valence-corrected chi connectivity index (χ1v) is 6.42. The van der Waals surface area contributed by atoms with Crippen LogP contribution in [0.3, 0.4) is 0 Å². The van der Waals surface area contributed by atoms with E-state index in [4.69, 9.17) is 5.73 Å². The van der Waals surface area contributed by atoms with Gasteiger partial charge in [0.1, 0.15) is 5.82 Å². The van der Waals surface area contributed by atoms with Crippen molar-refractivity contribution in [2.75, 3.05) is 12.3 Å². The Balaban J connectivity index is 2.63. The highest BCUT2D eigenvalue weighted by atomic mass is 32.2. The normalized spacial score (nSPS) is 12.7. The summed E-state index contributed by atoms with van der Waals surface area (Å²) < 4.78 is 24.5. The van der Waals surface area contributed by atoms with Gasteiger partial charge in [-0.2, -0.15) is 0 Å². The maximum Gasteiger partial charge on any atom is 0.123 e. The molecule has 2 N–H and O–H groups in total. The van der Waals surface area contributed by atoms with Crippen LogP contribution in [-0.4, -0.2) is 16.5 Å². The third-order valence-electron chi connectivity index (χ3n) is 2.20. The minimum Gasteiger partial charge on any atom is -0.330 e. The van der Waals surface area contributed by atoms with Gasteiger partial charge in [0.15, 0.2) is 0 Å². The Morgan fingerprint density at radius 3 is 2.87 bits per heavy atom. The molecule has 2 nitrogen and oxygen atoms in total. The number of halogens is 1. The second kappa shape index (κ2) is 5.98. The van der Waals surface area contributed by atoms with E-state index in [1.165, 1.54) is 12.1 Å². The largest absolute Gasteiger partial charge is 0.330 e. The average Bonchev–Trinajstić information content (AvgIpc) is 2.20. The molecule has 4 heteroatoms. The summed E-state index contributed by atoms with van der Waals surface area (Å²) in [6, 6.07) is 4.59. The van der Waals surface area contributed by atoms with Gasteiger partial charge in [-0.05, 0) is 43.1 Å². The number of aryl methyl sites for hydroxylation is 1. The van der Waals surface area contributed by atoms with Gasteiger partial charge in [-0.1, -0.05) is 6.07 Å². The molecule has 0 bridgehead atoms. The van der Waals surface area contributed by atoms with Crippen molar-refractivity contribution >= 4 is 10.8 Å². The second-order valence-electron chi connectivity index (χ2n) is 3.50. The predicted molar refractivity (Wildman–Crippen MR) is 61.5 cm³/mol. The predicted octanol–water partition coefficient (Wildman–Crippen LogP) is 1.73. The standard InChI is InChI=1S/C11H16FNOS/c1-9-3-4-11(12)7-10(9)8-15(14)6-2-5-13/h3-4,7H,2,5-6,8,13H2,1H3. The maximum atomic E-state index is 12.9. The fraction of sp³-hybridized carbons (Fsp3) is 0.455. The van der Waals surface area contributed by atoms with Crippen LogP contribution in [0.15, 0.2) is 18.2 Å². The van der Waals surface area contributed by atoms with Gasteiger partial charge in [-0.3, -0.25) is 4.21 Å². The summed E-state index contributed by atoms with van der Waals surface area (Å²) in [6.45, 7) is 2.45. The molecule has 1 rings (SSSR count). The smallest absolute Gasteiger partial charge is 0.123 e. The van der Waals surface area contributed by atoms with Gasteiger partial charge >= 0.3 is 0 Å². The average molecular weight is 229 g/mol. The molecule has 0 amide bonds. The number of hydrogen-bond donors (Lipinski definition) is 1. The zero-order valence-electron chi connectivity index (χ0n) is 8.83. The van der Waals surface area contributed by atoms with Crippen LogP contribution in [0, 0.1) is 12.7 Å². The van der Waals surface area contributed by atoms with Gasteiger partial charge in [0.05, 0.1) is 0 Å². The summed E-state index contributed by atoms with van der Waals surface area (Å²) >= 11 is 0. The Labute approximate surface area is 92.1 Å². The zero-order chi connectivity index (χ0) is 11.3. The van der Waals surface area contributed by atoms with Crippen LogP contribution in [0.1, 0.15) is 17.5 Å². The summed E-state index contributed by atoms with van der Waals surface area (Å²) in [7, 11) is -0.936. The van der Waals surface area contributed by atoms with Crippen LogP contribution in [0.2, 0.25) is 0 Å². The van der Waals surface area contributed by atoms with E-state index in [0.717, 1.165) is 17.5 Å². The molecule has 0 spiro atoms. The molecule has 0 aliphatic carbocycles. The molecule has 15 heavy (non-hydrogen) atoms. The molecule has 1 unspecified atom stereocenters. The first-order valence-electron chi connectivity index (χ1n) is 4.93. The van der Waals surface area contributed by atoms with Crippen LogP contribution in [0.4, 0.5) is 4.39 Å². The number of hydrogen-bond acceptors (Lipinski definition) is 2. The second-order valence-corrected chi connectivity index (χ2v) is 5.08. The molecule has 0 aliphatic rings. The molecule has 1 atom stereocenters. The lowest BCUT2D eigenvalue weighted by Crippen LogP contribution is -2.08. The van der Waals surface area contributed by atoms with Crippen molar-refractivity contribution in [2.24, 2.45) is 5.73 Å². The summed E-state index contributed by atoms with van der Waals surface area (Å²) in [4.78, 5) is 0. The molecule has 0 aliphatic heterocycles. The van der Waals surface area contributed by atoms with E-state index in [-0.39, 0.29) is 5.82 Å². The molecule has 0 saturated carbocycles. The van der Waals surface area contributed by atoms with E-state index in [9.17, 15) is 8.60 Å². The summed E-state index contributed by atoms with van der Waals surface area (Å²) in [5.41, 5.74) is 7.14. The molecular formula is C11H16FNOS. The molecule has 1 aromatic carbocycles. The van der Waals surface area contributed by atoms with E-state index < -0.39 is 10.8 Å². The fourth-order valence-electron chi connectivity index (χ4n) is 1.29. The van der Waals surface area contributed by atoms with Crippen molar-refractivity contribution in [1.29, 1.82) is 0 Å². The highest BCUT2D eigenvalue weighted by Gasteiger charge is 2.05. The summed E-state index contributed by atoms with van der Waals surface area (Å²) in [5, 5.41) is 0. The Morgan fingerprint density at radius 2 is 2.20 bits per heavy atom. The van der Waals surface area contributed by atoms with Crippen molar-refractivity contribution in [3.63, 3.8) is 0 Å². The molecule has 84 valence electrons. The van der Waals surface area contributed by atoms with Crippen molar-refractivity contribution in [3.05, 3.63) is 35.1 Å². The lowest BCUT2D eigenvalue weighted by molar-refractivity contribution is 0.625. The molecule has 1 aromatic rings. The van der Waals surface area contributed by atoms with Crippen molar-refractivity contribution in [1.82, 2.24) is 0 Å². The van der Waals surface area contributed by atoms with Crippen LogP contribution < -0.4 is 5.73 Å². The van der Waals surface area contributed by atoms with Crippen LogP contribution in [-0.2, 0) is 16.6 Å². The van der Waals surface area contributed by atoms with Crippen LogP contribution >= 0.6 is 0 Å². The third kappa shape index (κ3) is 4.10. The van der Waals surface area contributed by atoms with Crippen molar-refractivity contribution in [2.45, 2.75) is 19.1 Å². The fourth-order valence-corrected chi connectivity index (χ4v) is 2.58. The number of nitrogens with two attached hydrogens (primary N) is 1. The molecule has 0 aromatic heterocycles. The monoisotopic (exact) mass is 229 g/mol. The minimum absolute atomic E-state index is 0.272. The third-order valence-corrected chi connectivity index (χ3v) is 3.58. The van der Waals surface area contributed by atoms with Crippen LogP contribution in [0.25, 0.3) is 0 Å².